The fraction of sp³-hybridized carbons (Fsp3) is 1.00. The average molecular weight is 553 g/mol. The van der Waals surface area contributed by atoms with Crippen molar-refractivity contribution < 1.29 is 86.1 Å². The Kier molecular flexibility index (Phi) is 9.28. The molecule has 0 bridgehead atoms. The molecule has 0 aliphatic heterocycles. The Labute approximate surface area is 160 Å². The zero-order chi connectivity index (χ0) is 24.0. The lowest BCUT2D eigenvalue weighted by molar-refractivity contribution is 0.196. The Hall–Kier alpha value is 0.860. The molecular weight excluding hydrogens is 536 g/mol. The van der Waals surface area contributed by atoms with E-state index in [9.17, 15) is 27.4 Å². The fourth-order valence-electron chi connectivity index (χ4n) is 2.07. The van der Waals surface area contributed by atoms with Crippen LogP contribution in [0.25, 0.3) is 0 Å². The van der Waals surface area contributed by atoms with Gasteiger partial charge in [-0.1, -0.05) is 0 Å². The zero-order valence-corrected chi connectivity index (χ0v) is 18.8. The first kappa shape index (κ1) is 29.9. The van der Waals surface area contributed by atoms with Gasteiger partial charge in [0.1, 0.15) is 0 Å². The first-order valence-corrected chi connectivity index (χ1v) is 16.4. The summed E-state index contributed by atoms with van der Waals surface area (Å²) < 4.78 is 68.8. The molecule has 0 saturated carbocycles. The van der Waals surface area contributed by atoms with Gasteiger partial charge in [0.25, 0.3) is 0 Å². The van der Waals surface area contributed by atoms with Crippen LogP contribution in [0.5, 0.6) is 0 Å². The predicted octanol–water partition coefficient (Wildman–Crippen LogP) is -2.75. The third-order valence-electron chi connectivity index (χ3n) is 2.95. The van der Waals surface area contributed by atoms with E-state index in [1.165, 1.54) is 0 Å². The molecule has 0 fully saturated rings. The molecule has 0 heterocycles. The summed E-state index contributed by atoms with van der Waals surface area (Å²) in [6.07, 6.45) is 0. The van der Waals surface area contributed by atoms with E-state index >= 15 is 0 Å². The van der Waals surface area contributed by atoms with Crippen LogP contribution in [0.3, 0.4) is 0 Å². The predicted molar refractivity (Wildman–Crippen MR) is 90.3 cm³/mol. The van der Waals surface area contributed by atoms with Crippen molar-refractivity contribution >= 4 is 45.6 Å². The zero-order valence-electron chi connectivity index (χ0n) is 13.4. The van der Waals surface area contributed by atoms with E-state index in [2.05, 4.69) is 0 Å². The smallest absolute Gasteiger partial charge is 0.324 e. The minimum Gasteiger partial charge on any atom is -0.324 e. The quantitative estimate of drug-likeness (QED) is 0.122. The fourth-order valence-corrected chi connectivity index (χ4v) is 10.5. The number of rotatable bonds is 10. The third-order valence-corrected chi connectivity index (χ3v) is 13.8. The third kappa shape index (κ3) is 8.72. The Morgan fingerprint density at radius 3 is 0.793 bits per heavy atom. The molecule has 0 aromatic heterocycles. The molecule has 0 aliphatic rings. The van der Waals surface area contributed by atoms with E-state index in [0.717, 1.165) is 0 Å². The van der Waals surface area contributed by atoms with Crippen LogP contribution >= 0.6 is 45.6 Å². The Bertz CT molecular complexity index is 760. The molecule has 0 spiro atoms. The standard InChI is InChI=1S/C4H17NO18P6/c6-24(7,8)2(25(9,10)11)1-5(3(26(12,13)14)27(15,16)17)4(28(18,19)20)29(21,22)23/h2-4H,1H2,(H2,6,7,8)(H2,9,10,11)(H2,12,13,14)(H2,15,16,17)(H2,18,19,20)(H2,21,22,23). The maximum Gasteiger partial charge on any atom is 0.355 e. The molecule has 25 heteroatoms. The van der Waals surface area contributed by atoms with Crippen molar-refractivity contribution in [1.82, 2.24) is 4.90 Å². The second-order valence-electron chi connectivity index (χ2n) is 5.40. The molecule has 29 heavy (non-hydrogen) atoms. The largest absolute Gasteiger partial charge is 0.355 e. The molecule has 0 radical (unpaired) electrons. The molecule has 0 rings (SSSR count). The second kappa shape index (κ2) is 9.01. The first-order chi connectivity index (χ1) is 12.2. The molecule has 0 aromatic carbocycles. The van der Waals surface area contributed by atoms with Crippen molar-refractivity contribution in [2.45, 2.75) is 16.4 Å². The van der Waals surface area contributed by atoms with Crippen molar-refractivity contribution in [2.24, 2.45) is 0 Å². The van der Waals surface area contributed by atoms with Crippen LogP contribution in [0.2, 0.25) is 0 Å². The van der Waals surface area contributed by atoms with Crippen LogP contribution in [-0.4, -0.2) is 86.6 Å². The molecule has 0 saturated heterocycles. The van der Waals surface area contributed by atoms with Gasteiger partial charge in [-0.25, -0.2) is 0 Å². The van der Waals surface area contributed by atoms with Crippen molar-refractivity contribution in [3.63, 3.8) is 0 Å². The normalized spacial score (nSPS) is 15.7. The summed E-state index contributed by atoms with van der Waals surface area (Å²) in [7, 11) is -37.5. The highest BCUT2D eigenvalue weighted by Crippen LogP contribution is 2.70. The lowest BCUT2D eigenvalue weighted by Crippen LogP contribution is -2.46. The highest BCUT2D eigenvalue weighted by atomic mass is 31.2. The van der Waals surface area contributed by atoms with E-state index in [-0.39, 0.29) is 0 Å². The summed E-state index contributed by atoms with van der Waals surface area (Å²) in [4.78, 5) is 108. The topological polar surface area (TPSA) is 348 Å². The van der Waals surface area contributed by atoms with E-state index < -0.39 is 73.5 Å². The lowest BCUT2D eigenvalue weighted by atomic mass is 10.7. The van der Waals surface area contributed by atoms with Crippen LogP contribution in [0.1, 0.15) is 0 Å². The summed E-state index contributed by atoms with van der Waals surface area (Å²) in [6.45, 7) is -2.35. The van der Waals surface area contributed by atoms with Crippen molar-refractivity contribution in [1.29, 1.82) is 0 Å². The highest BCUT2D eigenvalue weighted by molar-refractivity contribution is 7.73. The Morgan fingerprint density at radius 2 is 0.655 bits per heavy atom. The van der Waals surface area contributed by atoms with Gasteiger partial charge in [-0.05, 0) is 0 Å². The van der Waals surface area contributed by atoms with Gasteiger partial charge in [-0.15, -0.1) is 0 Å². The molecule has 12 N–H and O–H groups in total. The molecule has 19 nitrogen and oxygen atoms in total. The molecule has 0 aromatic rings. The molecule has 0 atom stereocenters. The van der Waals surface area contributed by atoms with Gasteiger partial charge in [-0.3, -0.25) is 32.3 Å². The van der Waals surface area contributed by atoms with Gasteiger partial charge < -0.3 is 58.7 Å². The van der Waals surface area contributed by atoms with Crippen molar-refractivity contribution in [2.75, 3.05) is 6.54 Å². The summed E-state index contributed by atoms with van der Waals surface area (Å²) in [5.74, 6) is 0. The van der Waals surface area contributed by atoms with Crippen LogP contribution in [0, 0.1) is 0 Å². The molecule has 0 unspecified atom stereocenters. The van der Waals surface area contributed by atoms with Crippen LogP contribution in [-0.2, 0) is 27.4 Å². The van der Waals surface area contributed by atoms with Crippen LogP contribution in [0.15, 0.2) is 0 Å². The maximum atomic E-state index is 11.5. The Morgan fingerprint density at radius 1 is 0.448 bits per heavy atom. The number of hydrogen-bond donors (Lipinski definition) is 12. The SMILES string of the molecule is O=P(O)(O)C(CN(C(P(=O)(O)O)P(=O)(O)O)C(P(=O)(O)O)P(=O)(O)O)P(=O)(O)O. The number of nitrogens with zero attached hydrogens (tertiary/aromatic N) is 1. The van der Waals surface area contributed by atoms with Crippen LogP contribution < -0.4 is 0 Å². The summed E-state index contributed by atoms with van der Waals surface area (Å²) in [5, 5.41) is -3.43. The Balaban J connectivity index is 7.18. The number of hydrogen-bond acceptors (Lipinski definition) is 7. The maximum absolute atomic E-state index is 11.5. The van der Waals surface area contributed by atoms with Gasteiger partial charge in [0.05, 0.1) is 0 Å². The summed E-state index contributed by atoms with van der Waals surface area (Å²) >= 11 is 0. The van der Waals surface area contributed by atoms with Crippen molar-refractivity contribution in [3.05, 3.63) is 0 Å². The summed E-state index contributed by atoms with van der Waals surface area (Å²) in [6, 6.07) is 0. The lowest BCUT2D eigenvalue weighted by Gasteiger charge is -2.39. The van der Waals surface area contributed by atoms with Gasteiger partial charge in [-0.2, -0.15) is 0 Å². The van der Waals surface area contributed by atoms with Gasteiger partial charge in [0.15, 0.2) is 5.40 Å². The van der Waals surface area contributed by atoms with Gasteiger partial charge >= 0.3 is 45.6 Å². The minimum atomic E-state index is -6.34. The van der Waals surface area contributed by atoms with Gasteiger partial charge in [0.2, 0.25) is 11.0 Å². The minimum absolute atomic E-state index is 1.08. The monoisotopic (exact) mass is 553 g/mol. The highest BCUT2D eigenvalue weighted by Gasteiger charge is 2.60. The van der Waals surface area contributed by atoms with Crippen molar-refractivity contribution in [3.8, 4) is 0 Å². The molecule has 0 aliphatic carbocycles. The molecular formula is C4H17NO18P6. The van der Waals surface area contributed by atoms with Crippen LogP contribution in [0.4, 0.5) is 0 Å². The van der Waals surface area contributed by atoms with E-state index in [0.29, 0.717) is 0 Å². The summed E-state index contributed by atoms with van der Waals surface area (Å²) in [5.41, 5.74) is -7.69. The average Bonchev–Trinajstić information content (AvgIpc) is 2.24. The van der Waals surface area contributed by atoms with E-state index in [1.807, 2.05) is 0 Å². The van der Waals surface area contributed by atoms with Gasteiger partial charge in [0, 0.05) is 6.54 Å². The molecule has 176 valence electrons. The second-order valence-corrected chi connectivity index (χ2v) is 16.9. The van der Waals surface area contributed by atoms with E-state index in [1.54, 1.807) is 0 Å². The van der Waals surface area contributed by atoms with E-state index in [4.69, 9.17) is 58.7 Å². The first-order valence-electron chi connectivity index (χ1n) is 6.29. The molecule has 0 amide bonds.